The first-order chi connectivity index (χ1) is 11.7. The van der Waals surface area contributed by atoms with Crippen LogP contribution in [-0.4, -0.2) is 14.4 Å². The summed E-state index contributed by atoms with van der Waals surface area (Å²) in [6.07, 6.45) is 5.72. The van der Waals surface area contributed by atoms with Gasteiger partial charge in [0.15, 0.2) is 5.65 Å². The molecule has 0 unspecified atom stereocenters. The van der Waals surface area contributed by atoms with Gasteiger partial charge in [-0.05, 0) is 31.2 Å². The van der Waals surface area contributed by atoms with Crippen LogP contribution in [0, 0.1) is 6.92 Å². The Morgan fingerprint density at radius 1 is 0.958 bits per heavy atom. The van der Waals surface area contributed by atoms with Gasteiger partial charge in [-0.2, -0.15) is 0 Å². The van der Waals surface area contributed by atoms with E-state index < -0.39 is 0 Å². The lowest BCUT2D eigenvalue weighted by Crippen LogP contribution is -1.95. The zero-order valence-corrected chi connectivity index (χ0v) is 15.4. The minimum absolute atomic E-state index is 0.876. The molecule has 0 saturated heterocycles. The minimum atomic E-state index is 0.876. The van der Waals surface area contributed by atoms with Gasteiger partial charge in [-0.1, -0.05) is 57.5 Å². The zero-order chi connectivity index (χ0) is 16.5. The van der Waals surface area contributed by atoms with E-state index in [0.29, 0.717) is 0 Å². The number of imidazole rings is 1. The first-order valence-corrected chi connectivity index (χ1v) is 9.14. The lowest BCUT2D eigenvalue weighted by Gasteiger charge is -2.09. The molecule has 0 aliphatic rings. The molecule has 118 valence electrons. The number of hydrogen-bond donors (Lipinski definition) is 0. The van der Waals surface area contributed by atoms with Gasteiger partial charge in [0.05, 0.1) is 6.20 Å². The summed E-state index contributed by atoms with van der Waals surface area (Å²) in [4.78, 5) is 10.4. The van der Waals surface area contributed by atoms with E-state index in [1.165, 1.54) is 5.56 Å². The normalized spacial score (nSPS) is 11.1. The first-order valence-electron chi connectivity index (χ1n) is 7.53. The van der Waals surface area contributed by atoms with E-state index in [-0.39, 0.29) is 0 Å². The average molecular weight is 396 g/mol. The molecule has 3 nitrogen and oxygen atoms in total. The van der Waals surface area contributed by atoms with E-state index in [4.69, 9.17) is 0 Å². The van der Waals surface area contributed by atoms with E-state index in [0.717, 1.165) is 31.3 Å². The molecule has 2 aromatic carbocycles. The largest absolute Gasteiger partial charge is 0.291 e. The van der Waals surface area contributed by atoms with Crippen LogP contribution in [0.1, 0.15) is 5.56 Å². The van der Waals surface area contributed by atoms with Crippen LogP contribution in [0.3, 0.4) is 0 Å². The summed E-state index contributed by atoms with van der Waals surface area (Å²) in [7, 11) is 0. The van der Waals surface area contributed by atoms with Crippen LogP contribution in [0.25, 0.3) is 16.9 Å². The maximum atomic E-state index is 4.68. The number of hydrogen-bond acceptors (Lipinski definition) is 3. The van der Waals surface area contributed by atoms with E-state index >= 15 is 0 Å². The molecule has 5 heteroatoms. The Kier molecular flexibility index (Phi) is 4.12. The third-order valence-electron chi connectivity index (χ3n) is 3.76. The van der Waals surface area contributed by atoms with E-state index in [1.54, 1.807) is 11.8 Å². The highest BCUT2D eigenvalue weighted by molar-refractivity contribution is 9.10. The van der Waals surface area contributed by atoms with Crippen molar-refractivity contribution in [3.63, 3.8) is 0 Å². The highest BCUT2D eigenvalue weighted by Crippen LogP contribution is 2.31. The summed E-state index contributed by atoms with van der Waals surface area (Å²) >= 11 is 5.14. The van der Waals surface area contributed by atoms with Crippen molar-refractivity contribution in [1.29, 1.82) is 0 Å². The van der Waals surface area contributed by atoms with Gasteiger partial charge in [-0.25, -0.2) is 9.97 Å². The summed E-state index contributed by atoms with van der Waals surface area (Å²) in [5.74, 6) is 0. The second-order valence-electron chi connectivity index (χ2n) is 5.49. The van der Waals surface area contributed by atoms with Crippen molar-refractivity contribution in [2.24, 2.45) is 0 Å². The predicted molar refractivity (Wildman–Crippen MR) is 101 cm³/mol. The Bertz CT molecular complexity index is 991. The van der Waals surface area contributed by atoms with Crippen LogP contribution in [0.2, 0.25) is 0 Å². The fraction of sp³-hybridized carbons (Fsp3) is 0.0526. The molecule has 0 bridgehead atoms. The van der Waals surface area contributed by atoms with Crippen LogP contribution in [-0.2, 0) is 0 Å². The average Bonchev–Trinajstić information content (AvgIpc) is 3.08. The van der Waals surface area contributed by atoms with Crippen molar-refractivity contribution < 1.29 is 0 Å². The standard InChI is InChI=1S/C19H14BrN3S/c1-13-2-4-14(5-3-13)18-19-21-10-11-23(19)17(12-22-18)24-16-8-6-15(20)7-9-16/h2-12H,1H3. The van der Waals surface area contributed by atoms with Crippen LogP contribution < -0.4 is 0 Å². The molecule has 2 heterocycles. The summed E-state index contributed by atoms with van der Waals surface area (Å²) in [5.41, 5.74) is 4.10. The Hall–Kier alpha value is -2.11. The highest BCUT2D eigenvalue weighted by atomic mass is 79.9. The highest BCUT2D eigenvalue weighted by Gasteiger charge is 2.11. The van der Waals surface area contributed by atoms with Crippen molar-refractivity contribution >= 4 is 33.3 Å². The number of nitrogens with zero attached hydrogens (tertiary/aromatic N) is 3. The molecule has 0 radical (unpaired) electrons. The Morgan fingerprint density at radius 2 is 1.71 bits per heavy atom. The number of halogens is 1. The topological polar surface area (TPSA) is 30.2 Å². The SMILES string of the molecule is Cc1ccc(-c2ncc(Sc3ccc(Br)cc3)n3ccnc23)cc1. The van der Waals surface area contributed by atoms with Gasteiger partial charge >= 0.3 is 0 Å². The molecular weight excluding hydrogens is 382 g/mol. The first kappa shape index (κ1) is 15.4. The summed E-state index contributed by atoms with van der Waals surface area (Å²) in [5, 5.41) is 1.04. The van der Waals surface area contributed by atoms with Crippen LogP contribution in [0.4, 0.5) is 0 Å². The third-order valence-corrected chi connectivity index (χ3v) is 5.30. The van der Waals surface area contributed by atoms with Gasteiger partial charge in [-0.3, -0.25) is 4.40 Å². The molecular formula is C19H14BrN3S. The van der Waals surface area contributed by atoms with Gasteiger partial charge in [0, 0.05) is 27.3 Å². The van der Waals surface area contributed by atoms with Gasteiger partial charge in [0.1, 0.15) is 10.7 Å². The monoisotopic (exact) mass is 395 g/mol. The molecule has 0 N–H and O–H groups in total. The van der Waals surface area contributed by atoms with Crippen molar-refractivity contribution in [2.45, 2.75) is 16.8 Å². The number of aromatic nitrogens is 3. The molecule has 0 saturated carbocycles. The lowest BCUT2D eigenvalue weighted by atomic mass is 10.1. The van der Waals surface area contributed by atoms with Crippen molar-refractivity contribution in [3.8, 4) is 11.3 Å². The Balaban J connectivity index is 1.77. The minimum Gasteiger partial charge on any atom is -0.291 e. The molecule has 0 amide bonds. The molecule has 24 heavy (non-hydrogen) atoms. The van der Waals surface area contributed by atoms with Gasteiger partial charge in [0.25, 0.3) is 0 Å². The number of fused-ring (bicyclic) bond motifs is 1. The lowest BCUT2D eigenvalue weighted by molar-refractivity contribution is 0.984. The van der Waals surface area contributed by atoms with Gasteiger partial charge in [0.2, 0.25) is 0 Å². The third kappa shape index (κ3) is 2.97. The van der Waals surface area contributed by atoms with Crippen LogP contribution in [0.15, 0.2) is 81.5 Å². The molecule has 0 fully saturated rings. The maximum absolute atomic E-state index is 4.68. The summed E-state index contributed by atoms with van der Waals surface area (Å²) in [6.45, 7) is 2.08. The van der Waals surface area contributed by atoms with Crippen LogP contribution in [0.5, 0.6) is 0 Å². The fourth-order valence-electron chi connectivity index (χ4n) is 2.51. The number of aryl methyl sites for hydroxylation is 1. The smallest absolute Gasteiger partial charge is 0.164 e. The van der Waals surface area contributed by atoms with E-state index in [9.17, 15) is 0 Å². The molecule has 0 atom stereocenters. The fourth-order valence-corrected chi connectivity index (χ4v) is 3.64. The maximum Gasteiger partial charge on any atom is 0.164 e. The molecule has 2 aromatic heterocycles. The van der Waals surface area contributed by atoms with Gasteiger partial charge in [-0.15, -0.1) is 0 Å². The van der Waals surface area contributed by atoms with Crippen molar-refractivity contribution in [1.82, 2.24) is 14.4 Å². The quantitative estimate of drug-likeness (QED) is 0.450. The summed E-state index contributed by atoms with van der Waals surface area (Å²) < 4.78 is 3.17. The molecule has 4 rings (SSSR count). The Labute approximate surface area is 152 Å². The molecule has 0 aliphatic heterocycles. The Morgan fingerprint density at radius 3 is 2.46 bits per heavy atom. The predicted octanol–water partition coefficient (Wildman–Crippen LogP) is 5.62. The van der Waals surface area contributed by atoms with Crippen molar-refractivity contribution in [2.75, 3.05) is 0 Å². The summed E-state index contributed by atoms with van der Waals surface area (Å²) in [6, 6.07) is 16.6. The molecule has 4 aromatic rings. The molecule has 0 aliphatic carbocycles. The van der Waals surface area contributed by atoms with Crippen molar-refractivity contribution in [3.05, 3.63) is 77.2 Å². The second kappa shape index (κ2) is 6.42. The van der Waals surface area contributed by atoms with E-state index in [1.807, 2.05) is 30.7 Å². The van der Waals surface area contributed by atoms with E-state index in [2.05, 4.69) is 73.6 Å². The number of benzene rings is 2. The number of rotatable bonds is 3. The second-order valence-corrected chi connectivity index (χ2v) is 7.50. The van der Waals surface area contributed by atoms with Gasteiger partial charge < -0.3 is 0 Å². The zero-order valence-electron chi connectivity index (χ0n) is 13.0. The molecule has 0 spiro atoms. The van der Waals surface area contributed by atoms with Crippen LogP contribution >= 0.6 is 27.7 Å².